The Bertz CT molecular complexity index is 206. The van der Waals surface area contributed by atoms with Gasteiger partial charge in [-0.2, -0.15) is 0 Å². The van der Waals surface area contributed by atoms with Gasteiger partial charge >= 0.3 is 0 Å². The quantitative estimate of drug-likeness (QED) is 0.569. The van der Waals surface area contributed by atoms with Gasteiger partial charge in [0.15, 0.2) is 5.11 Å². The number of ether oxygens (including phenoxy) is 1. The third kappa shape index (κ3) is 2.31. The largest absolute Gasteiger partial charge is 0.375 e. The predicted molar refractivity (Wildman–Crippen MR) is 50.6 cm³/mol. The van der Waals surface area contributed by atoms with Crippen LogP contribution in [-0.2, 0) is 4.74 Å². The van der Waals surface area contributed by atoms with E-state index in [1.165, 1.54) is 0 Å². The van der Waals surface area contributed by atoms with Gasteiger partial charge in [-0.25, -0.2) is 4.99 Å². The highest BCUT2D eigenvalue weighted by Gasteiger charge is 2.16. The van der Waals surface area contributed by atoms with E-state index in [2.05, 4.69) is 10.4 Å². The number of nitrogens with one attached hydrogen (secondary N) is 1. The van der Waals surface area contributed by atoms with E-state index in [0.29, 0.717) is 11.8 Å². The van der Waals surface area contributed by atoms with Gasteiger partial charge in [-0.3, -0.25) is 10.4 Å². The lowest BCUT2D eigenvalue weighted by Gasteiger charge is -2.14. The van der Waals surface area contributed by atoms with Crippen LogP contribution in [0.15, 0.2) is 4.99 Å². The average molecular weight is 188 g/mol. The van der Waals surface area contributed by atoms with Gasteiger partial charge < -0.3 is 10.5 Å². The highest BCUT2D eigenvalue weighted by molar-refractivity contribution is 7.80. The molecule has 0 amide bonds. The van der Waals surface area contributed by atoms with Crippen LogP contribution in [0.4, 0.5) is 0 Å². The van der Waals surface area contributed by atoms with Gasteiger partial charge in [-0.15, -0.1) is 0 Å². The van der Waals surface area contributed by atoms with E-state index >= 15 is 0 Å². The van der Waals surface area contributed by atoms with Crippen molar-refractivity contribution >= 4 is 23.2 Å². The van der Waals surface area contributed by atoms with Gasteiger partial charge in [0.05, 0.1) is 0 Å². The first-order valence-corrected chi connectivity index (χ1v) is 4.00. The molecule has 12 heavy (non-hydrogen) atoms. The Morgan fingerprint density at radius 2 is 2.67 bits per heavy atom. The summed E-state index contributed by atoms with van der Waals surface area (Å²) in [5.41, 5.74) is 8.36. The van der Waals surface area contributed by atoms with Crippen molar-refractivity contribution in [3.05, 3.63) is 0 Å². The molecule has 0 aromatic heterocycles. The third-order valence-corrected chi connectivity index (χ3v) is 1.71. The van der Waals surface area contributed by atoms with Crippen molar-refractivity contribution in [2.45, 2.75) is 6.42 Å². The summed E-state index contributed by atoms with van der Waals surface area (Å²) >= 11 is 4.78. The second-order valence-electron chi connectivity index (χ2n) is 2.37. The minimum atomic E-state index is 0.345. The van der Waals surface area contributed by atoms with Crippen LogP contribution in [0.2, 0.25) is 0 Å². The molecule has 1 aliphatic rings. The summed E-state index contributed by atoms with van der Waals surface area (Å²) in [4.78, 5) is 4.10. The summed E-state index contributed by atoms with van der Waals surface area (Å²) in [5, 5.41) is 2.03. The molecule has 1 heterocycles. The number of methoxy groups -OCH3 is 1. The molecule has 1 saturated heterocycles. The average Bonchev–Trinajstić information content (AvgIpc) is 2.48. The smallest absolute Gasteiger partial charge is 0.185 e. The van der Waals surface area contributed by atoms with Gasteiger partial charge in [-0.1, -0.05) is 0 Å². The molecule has 0 spiro atoms. The number of nitrogens with zero attached hydrogens (tertiary/aromatic N) is 2. The van der Waals surface area contributed by atoms with Gasteiger partial charge in [0.25, 0.3) is 0 Å². The Hall–Kier alpha value is -0.880. The van der Waals surface area contributed by atoms with Crippen molar-refractivity contribution in [3.8, 4) is 0 Å². The van der Waals surface area contributed by atoms with Crippen LogP contribution in [-0.4, -0.2) is 36.3 Å². The van der Waals surface area contributed by atoms with E-state index in [1.54, 1.807) is 12.1 Å². The summed E-state index contributed by atoms with van der Waals surface area (Å²) in [6.07, 6.45) is 0.834. The molecule has 0 aliphatic carbocycles. The molecule has 0 bridgehead atoms. The summed E-state index contributed by atoms with van der Waals surface area (Å²) < 4.78 is 4.79. The number of rotatable bonds is 2. The van der Waals surface area contributed by atoms with Crippen molar-refractivity contribution < 1.29 is 4.74 Å². The van der Waals surface area contributed by atoms with Crippen LogP contribution in [0.3, 0.4) is 0 Å². The van der Waals surface area contributed by atoms with E-state index in [0.717, 1.165) is 18.8 Å². The maximum absolute atomic E-state index is 5.40. The number of nitrogens with two attached hydrogens (primary N) is 1. The van der Waals surface area contributed by atoms with Crippen molar-refractivity contribution in [1.82, 2.24) is 10.4 Å². The minimum absolute atomic E-state index is 0.345. The number of amidine groups is 1. The molecule has 6 heteroatoms. The maximum Gasteiger partial charge on any atom is 0.185 e. The van der Waals surface area contributed by atoms with Crippen molar-refractivity contribution in [3.63, 3.8) is 0 Å². The van der Waals surface area contributed by atoms with E-state index < -0.39 is 0 Å². The van der Waals surface area contributed by atoms with Gasteiger partial charge in [0, 0.05) is 20.1 Å². The zero-order chi connectivity index (χ0) is 8.97. The minimum Gasteiger partial charge on any atom is -0.375 e. The van der Waals surface area contributed by atoms with Crippen LogP contribution < -0.4 is 11.2 Å². The number of thiocarbonyl (C=S) groups is 1. The SMILES string of the molecule is COC/N=C1\CCN(C(N)=S)N1. The summed E-state index contributed by atoms with van der Waals surface area (Å²) in [6, 6.07) is 0. The second-order valence-corrected chi connectivity index (χ2v) is 2.79. The molecule has 0 aromatic rings. The zero-order valence-corrected chi connectivity index (χ0v) is 7.73. The summed E-state index contributed by atoms with van der Waals surface area (Å²) in [5.74, 6) is 0.865. The summed E-state index contributed by atoms with van der Waals surface area (Å²) in [7, 11) is 1.60. The fraction of sp³-hybridized carbons (Fsp3) is 0.667. The molecule has 0 atom stereocenters. The third-order valence-electron chi connectivity index (χ3n) is 1.49. The van der Waals surface area contributed by atoms with Crippen LogP contribution >= 0.6 is 12.2 Å². The molecule has 0 saturated carbocycles. The lowest BCUT2D eigenvalue weighted by Crippen LogP contribution is -2.41. The van der Waals surface area contributed by atoms with Crippen molar-refractivity contribution in [2.24, 2.45) is 10.7 Å². The zero-order valence-electron chi connectivity index (χ0n) is 6.91. The molecular weight excluding hydrogens is 176 g/mol. The number of hydrazine groups is 1. The Labute approximate surface area is 76.5 Å². The fourth-order valence-electron chi connectivity index (χ4n) is 0.907. The number of hydrogen-bond acceptors (Lipinski definition) is 3. The Morgan fingerprint density at radius 1 is 1.92 bits per heavy atom. The van der Waals surface area contributed by atoms with E-state index in [4.69, 9.17) is 22.7 Å². The Balaban J connectivity index is 2.40. The monoisotopic (exact) mass is 188 g/mol. The first-order chi connectivity index (χ1) is 5.74. The first-order valence-electron chi connectivity index (χ1n) is 3.60. The molecule has 5 nitrogen and oxygen atoms in total. The fourth-order valence-corrected chi connectivity index (χ4v) is 1.04. The standard InChI is InChI=1S/C6H12N4OS/c1-11-4-8-5-2-3-10(9-5)6(7)12/h2-4H2,1H3,(H2,7,12)(H,8,9). The molecule has 0 unspecified atom stereocenters. The highest BCUT2D eigenvalue weighted by Crippen LogP contribution is 1.99. The lowest BCUT2D eigenvalue weighted by atomic mass is 10.4. The van der Waals surface area contributed by atoms with Gasteiger partial charge in [-0.05, 0) is 12.2 Å². The van der Waals surface area contributed by atoms with Crippen LogP contribution in [0.25, 0.3) is 0 Å². The highest BCUT2D eigenvalue weighted by atomic mass is 32.1. The molecule has 68 valence electrons. The van der Waals surface area contributed by atoms with Gasteiger partial charge in [0.1, 0.15) is 12.6 Å². The second kappa shape index (κ2) is 4.22. The van der Waals surface area contributed by atoms with E-state index in [-0.39, 0.29) is 0 Å². The Kier molecular flexibility index (Phi) is 3.24. The molecule has 1 rings (SSSR count). The van der Waals surface area contributed by atoms with Crippen LogP contribution in [0, 0.1) is 0 Å². The molecule has 1 fully saturated rings. The van der Waals surface area contributed by atoms with E-state index in [9.17, 15) is 0 Å². The molecule has 3 N–H and O–H groups in total. The predicted octanol–water partition coefficient (Wildman–Crippen LogP) is -0.557. The Morgan fingerprint density at radius 3 is 3.17 bits per heavy atom. The van der Waals surface area contributed by atoms with Gasteiger partial charge in [0.2, 0.25) is 0 Å². The number of hydrogen-bond donors (Lipinski definition) is 2. The molecular formula is C6H12N4OS. The maximum atomic E-state index is 5.40. The van der Waals surface area contributed by atoms with Crippen LogP contribution in [0.1, 0.15) is 6.42 Å². The van der Waals surface area contributed by atoms with Crippen molar-refractivity contribution in [1.29, 1.82) is 0 Å². The molecule has 0 aromatic carbocycles. The topological polar surface area (TPSA) is 62.9 Å². The van der Waals surface area contributed by atoms with E-state index in [1.807, 2.05) is 0 Å². The molecule has 1 aliphatic heterocycles. The van der Waals surface area contributed by atoms with Crippen molar-refractivity contribution in [2.75, 3.05) is 20.4 Å². The lowest BCUT2D eigenvalue weighted by molar-refractivity contribution is 0.208. The molecule has 0 radical (unpaired) electrons. The van der Waals surface area contributed by atoms with Crippen LogP contribution in [0.5, 0.6) is 0 Å². The first kappa shape index (κ1) is 9.21. The summed E-state index contributed by atoms with van der Waals surface area (Å²) in [6.45, 7) is 1.14. The normalized spacial score (nSPS) is 19.8. The number of aliphatic imine (C=N–C) groups is 1.